The molecule has 1 aliphatic carbocycles. The van der Waals surface area contributed by atoms with Gasteiger partial charge in [-0.2, -0.15) is 0 Å². The molecule has 0 bridgehead atoms. The molecule has 1 amide bonds. The van der Waals surface area contributed by atoms with Crippen molar-refractivity contribution in [3.8, 4) is 11.5 Å². The normalized spacial score (nSPS) is 14.1. The molecule has 11 heteroatoms. The zero-order valence-electron chi connectivity index (χ0n) is 20.2. The number of amides is 1. The Labute approximate surface area is 213 Å². The standard InChI is InChI=1S/C26H25N5O5S/c1-35-18-13-17(14-19(15-18)36-2)28-23-24(30-22-9-4-3-8-21(22)29-23)31-37(33,34)20-7-5-6-16(12-20)26(10-11-26)25(27)32/h3-9,12-15H,10-11H2,1-2H3,(H2,27,32)(H,28,29)(H,30,31). The Balaban J connectivity index is 1.55. The van der Waals surface area contributed by atoms with Gasteiger partial charge >= 0.3 is 0 Å². The lowest BCUT2D eigenvalue weighted by atomic mass is 9.95. The summed E-state index contributed by atoms with van der Waals surface area (Å²) in [4.78, 5) is 21.1. The third-order valence-corrected chi connectivity index (χ3v) is 7.67. The minimum atomic E-state index is -4.10. The molecular weight excluding hydrogens is 494 g/mol. The number of carbonyl (C=O) groups excluding carboxylic acids is 1. The first-order chi connectivity index (χ1) is 17.7. The Morgan fingerprint density at radius 3 is 2.08 bits per heavy atom. The van der Waals surface area contributed by atoms with E-state index >= 15 is 0 Å². The van der Waals surface area contributed by atoms with Gasteiger partial charge in [0.05, 0.1) is 35.6 Å². The summed E-state index contributed by atoms with van der Waals surface area (Å²) in [5, 5.41) is 3.13. The number of anilines is 3. The molecule has 190 valence electrons. The van der Waals surface area contributed by atoms with Gasteiger partial charge in [-0.25, -0.2) is 18.4 Å². The zero-order chi connectivity index (χ0) is 26.2. The van der Waals surface area contributed by atoms with Gasteiger partial charge in [0, 0.05) is 23.9 Å². The van der Waals surface area contributed by atoms with E-state index in [-0.39, 0.29) is 16.5 Å². The molecule has 1 heterocycles. The fourth-order valence-electron chi connectivity index (χ4n) is 4.12. The molecule has 1 fully saturated rings. The fraction of sp³-hybridized carbons (Fsp3) is 0.192. The molecule has 4 N–H and O–H groups in total. The van der Waals surface area contributed by atoms with E-state index < -0.39 is 21.3 Å². The lowest BCUT2D eigenvalue weighted by Gasteiger charge is -2.16. The lowest BCUT2D eigenvalue weighted by molar-refractivity contribution is -0.120. The van der Waals surface area contributed by atoms with Crippen LogP contribution in [0.15, 0.2) is 71.6 Å². The summed E-state index contributed by atoms with van der Waals surface area (Å²) in [5.74, 6) is 0.804. The highest BCUT2D eigenvalue weighted by Gasteiger charge is 2.50. The maximum atomic E-state index is 13.4. The van der Waals surface area contributed by atoms with Crippen LogP contribution in [0.1, 0.15) is 18.4 Å². The Morgan fingerprint density at radius 1 is 0.892 bits per heavy atom. The maximum Gasteiger partial charge on any atom is 0.263 e. The Kier molecular flexibility index (Phi) is 6.08. The molecule has 0 spiro atoms. The van der Waals surface area contributed by atoms with Crippen molar-refractivity contribution in [3.63, 3.8) is 0 Å². The van der Waals surface area contributed by atoms with Gasteiger partial charge < -0.3 is 20.5 Å². The maximum absolute atomic E-state index is 13.4. The molecule has 1 saturated carbocycles. The third kappa shape index (κ3) is 4.73. The van der Waals surface area contributed by atoms with Gasteiger partial charge in [-0.3, -0.25) is 9.52 Å². The number of nitrogens with zero attached hydrogens (tertiary/aromatic N) is 2. The number of methoxy groups -OCH3 is 2. The minimum absolute atomic E-state index is 0.00178. The van der Waals surface area contributed by atoms with Crippen LogP contribution >= 0.6 is 0 Å². The van der Waals surface area contributed by atoms with E-state index in [0.29, 0.717) is 46.6 Å². The van der Waals surface area contributed by atoms with Crippen LogP contribution in [0.25, 0.3) is 11.0 Å². The van der Waals surface area contributed by atoms with E-state index in [1.807, 2.05) is 6.07 Å². The average Bonchev–Trinajstić information content (AvgIpc) is 3.71. The second-order valence-corrected chi connectivity index (χ2v) is 10.4. The third-order valence-electron chi connectivity index (χ3n) is 6.33. The van der Waals surface area contributed by atoms with Crippen LogP contribution in [-0.4, -0.2) is 38.5 Å². The quantitative estimate of drug-likeness (QED) is 0.303. The Hall–Kier alpha value is -4.38. The van der Waals surface area contributed by atoms with Crippen molar-refractivity contribution in [1.82, 2.24) is 9.97 Å². The molecule has 0 radical (unpaired) electrons. The van der Waals surface area contributed by atoms with E-state index in [2.05, 4.69) is 20.0 Å². The van der Waals surface area contributed by atoms with E-state index in [9.17, 15) is 13.2 Å². The number of hydrogen-bond donors (Lipinski definition) is 3. The number of para-hydroxylation sites is 2. The van der Waals surface area contributed by atoms with Gasteiger partial charge in [0.15, 0.2) is 11.6 Å². The lowest BCUT2D eigenvalue weighted by Crippen LogP contribution is -2.28. The van der Waals surface area contributed by atoms with Gasteiger partial charge in [-0.1, -0.05) is 24.3 Å². The Bertz CT molecular complexity index is 1600. The summed E-state index contributed by atoms with van der Waals surface area (Å²) in [6.45, 7) is 0. The molecule has 0 aliphatic heterocycles. The molecule has 10 nitrogen and oxygen atoms in total. The van der Waals surface area contributed by atoms with Crippen molar-refractivity contribution in [2.75, 3.05) is 24.3 Å². The first kappa shape index (κ1) is 24.3. The van der Waals surface area contributed by atoms with E-state index in [0.717, 1.165) is 0 Å². The van der Waals surface area contributed by atoms with Crippen LogP contribution in [0.5, 0.6) is 11.5 Å². The SMILES string of the molecule is COc1cc(Nc2nc3ccccc3nc2NS(=O)(=O)c2cccc(C3(C(N)=O)CC3)c2)cc(OC)c1. The number of ether oxygens (including phenoxy) is 2. The van der Waals surface area contributed by atoms with Gasteiger partial charge in [0.1, 0.15) is 11.5 Å². The number of sulfonamides is 1. The predicted octanol–water partition coefficient (Wildman–Crippen LogP) is 3.71. The summed E-state index contributed by atoms with van der Waals surface area (Å²) in [6, 6.07) is 18.5. The van der Waals surface area contributed by atoms with Crippen molar-refractivity contribution >= 4 is 44.3 Å². The Morgan fingerprint density at radius 2 is 1.51 bits per heavy atom. The highest BCUT2D eigenvalue weighted by molar-refractivity contribution is 7.92. The average molecular weight is 520 g/mol. The first-order valence-corrected chi connectivity index (χ1v) is 12.9. The predicted molar refractivity (Wildman–Crippen MR) is 140 cm³/mol. The second kappa shape index (κ2) is 9.25. The number of rotatable bonds is 9. The van der Waals surface area contributed by atoms with Crippen LogP contribution in [0.3, 0.4) is 0 Å². The number of nitrogens with one attached hydrogen (secondary N) is 2. The van der Waals surface area contributed by atoms with Gasteiger partial charge in [0.25, 0.3) is 10.0 Å². The molecule has 1 aromatic heterocycles. The smallest absolute Gasteiger partial charge is 0.263 e. The highest BCUT2D eigenvalue weighted by atomic mass is 32.2. The number of aromatic nitrogens is 2. The van der Waals surface area contributed by atoms with Gasteiger partial charge in [0.2, 0.25) is 5.91 Å². The zero-order valence-corrected chi connectivity index (χ0v) is 21.0. The van der Waals surface area contributed by atoms with E-state index in [4.69, 9.17) is 15.2 Å². The number of hydrogen-bond acceptors (Lipinski definition) is 8. The van der Waals surface area contributed by atoms with Crippen molar-refractivity contribution < 1.29 is 22.7 Å². The van der Waals surface area contributed by atoms with Crippen molar-refractivity contribution in [2.24, 2.45) is 5.73 Å². The molecule has 4 aromatic rings. The largest absolute Gasteiger partial charge is 0.497 e. The summed E-state index contributed by atoms with van der Waals surface area (Å²) in [7, 11) is -1.03. The van der Waals surface area contributed by atoms with Crippen LogP contribution < -0.4 is 25.2 Å². The second-order valence-electron chi connectivity index (χ2n) is 8.72. The monoisotopic (exact) mass is 519 g/mol. The number of carbonyl (C=O) groups is 1. The number of fused-ring (bicyclic) bond motifs is 1. The fourth-order valence-corrected chi connectivity index (χ4v) is 5.18. The van der Waals surface area contributed by atoms with Gasteiger partial charge in [-0.15, -0.1) is 0 Å². The van der Waals surface area contributed by atoms with E-state index in [1.54, 1.807) is 48.5 Å². The molecule has 0 saturated heterocycles. The van der Waals surface area contributed by atoms with E-state index in [1.165, 1.54) is 26.4 Å². The minimum Gasteiger partial charge on any atom is -0.497 e. The van der Waals surface area contributed by atoms with Crippen molar-refractivity contribution in [3.05, 3.63) is 72.3 Å². The molecular formula is C26H25N5O5S. The summed E-state index contributed by atoms with van der Waals surface area (Å²) in [5.41, 5.74) is 6.99. The van der Waals surface area contributed by atoms with Crippen molar-refractivity contribution in [2.45, 2.75) is 23.2 Å². The van der Waals surface area contributed by atoms with Crippen molar-refractivity contribution in [1.29, 1.82) is 0 Å². The molecule has 0 atom stereocenters. The number of primary amides is 1. The van der Waals surface area contributed by atoms with Crippen LogP contribution in [-0.2, 0) is 20.2 Å². The highest BCUT2D eigenvalue weighted by Crippen LogP contribution is 2.48. The number of nitrogens with two attached hydrogens (primary N) is 1. The van der Waals surface area contributed by atoms with Crippen LogP contribution in [0.4, 0.5) is 17.3 Å². The van der Waals surface area contributed by atoms with Crippen LogP contribution in [0, 0.1) is 0 Å². The summed E-state index contributed by atoms with van der Waals surface area (Å²) < 4.78 is 40.1. The summed E-state index contributed by atoms with van der Waals surface area (Å²) in [6.07, 6.45) is 1.18. The van der Waals surface area contributed by atoms with Gasteiger partial charge in [-0.05, 0) is 42.7 Å². The topological polar surface area (TPSA) is 146 Å². The molecule has 37 heavy (non-hydrogen) atoms. The first-order valence-electron chi connectivity index (χ1n) is 11.4. The van der Waals surface area contributed by atoms with Crippen LogP contribution in [0.2, 0.25) is 0 Å². The molecule has 0 unspecified atom stereocenters. The summed E-state index contributed by atoms with van der Waals surface area (Å²) >= 11 is 0. The molecule has 5 rings (SSSR count). The number of benzene rings is 3. The molecule has 1 aliphatic rings. The molecule has 3 aromatic carbocycles.